The van der Waals surface area contributed by atoms with E-state index in [9.17, 15) is 4.79 Å². The number of hydrogen-bond donors (Lipinski definition) is 0. The standard InChI is InChI=1S/C14H20O3/c1-5-10(3)11-7-8-13(17-6-2)12(9-11)14(15)16-4/h7-10H,5-6H2,1-4H3. The molecular formula is C14H20O3. The van der Waals surface area contributed by atoms with E-state index in [0.29, 0.717) is 23.8 Å². The van der Waals surface area contributed by atoms with Crippen molar-refractivity contribution in [3.05, 3.63) is 29.3 Å². The van der Waals surface area contributed by atoms with Crippen molar-refractivity contribution in [2.24, 2.45) is 0 Å². The molecule has 0 aliphatic heterocycles. The smallest absolute Gasteiger partial charge is 0.341 e. The Labute approximate surface area is 103 Å². The molecular weight excluding hydrogens is 216 g/mol. The summed E-state index contributed by atoms with van der Waals surface area (Å²) in [4.78, 5) is 11.7. The molecule has 1 aromatic rings. The van der Waals surface area contributed by atoms with Crippen LogP contribution in [0, 0.1) is 0 Å². The van der Waals surface area contributed by atoms with Gasteiger partial charge in [-0.25, -0.2) is 4.79 Å². The summed E-state index contributed by atoms with van der Waals surface area (Å²) in [6.07, 6.45) is 1.04. The highest BCUT2D eigenvalue weighted by Gasteiger charge is 2.15. The molecule has 0 saturated heterocycles. The molecule has 0 fully saturated rings. The zero-order valence-corrected chi connectivity index (χ0v) is 10.9. The number of carbonyl (C=O) groups is 1. The van der Waals surface area contributed by atoms with Gasteiger partial charge in [0.1, 0.15) is 11.3 Å². The molecule has 3 heteroatoms. The van der Waals surface area contributed by atoms with Gasteiger partial charge in [0.05, 0.1) is 13.7 Å². The average molecular weight is 236 g/mol. The molecule has 1 atom stereocenters. The second kappa shape index (κ2) is 6.28. The van der Waals surface area contributed by atoms with E-state index in [-0.39, 0.29) is 5.97 Å². The van der Waals surface area contributed by atoms with Gasteiger partial charge in [0, 0.05) is 0 Å². The third-order valence-electron chi connectivity index (χ3n) is 2.89. The number of methoxy groups -OCH3 is 1. The number of esters is 1. The molecule has 0 saturated carbocycles. The van der Waals surface area contributed by atoms with Crippen LogP contribution in [0.15, 0.2) is 18.2 Å². The fourth-order valence-electron chi connectivity index (χ4n) is 1.64. The van der Waals surface area contributed by atoms with Crippen LogP contribution in [-0.2, 0) is 4.74 Å². The molecule has 94 valence electrons. The average Bonchev–Trinajstić information content (AvgIpc) is 2.37. The van der Waals surface area contributed by atoms with Crippen LogP contribution in [0.4, 0.5) is 0 Å². The Kier molecular flexibility index (Phi) is 5.01. The van der Waals surface area contributed by atoms with Gasteiger partial charge in [-0.2, -0.15) is 0 Å². The van der Waals surface area contributed by atoms with Crippen molar-refractivity contribution in [1.29, 1.82) is 0 Å². The van der Waals surface area contributed by atoms with E-state index < -0.39 is 0 Å². The number of ether oxygens (including phenoxy) is 2. The summed E-state index contributed by atoms with van der Waals surface area (Å²) in [5, 5.41) is 0. The molecule has 1 unspecified atom stereocenters. The Bertz CT molecular complexity index is 385. The largest absolute Gasteiger partial charge is 0.493 e. The Morgan fingerprint density at radius 1 is 1.35 bits per heavy atom. The maximum absolute atomic E-state index is 11.7. The van der Waals surface area contributed by atoms with Crippen LogP contribution in [0.25, 0.3) is 0 Å². The highest BCUT2D eigenvalue weighted by molar-refractivity contribution is 5.92. The molecule has 1 rings (SSSR count). The Morgan fingerprint density at radius 2 is 2.06 bits per heavy atom. The number of carbonyl (C=O) groups excluding carboxylic acids is 1. The van der Waals surface area contributed by atoms with Gasteiger partial charge in [0.15, 0.2) is 0 Å². The van der Waals surface area contributed by atoms with Crippen LogP contribution in [0.3, 0.4) is 0 Å². The van der Waals surface area contributed by atoms with E-state index in [1.54, 1.807) is 0 Å². The van der Waals surface area contributed by atoms with Crippen molar-refractivity contribution in [2.45, 2.75) is 33.1 Å². The summed E-state index contributed by atoms with van der Waals surface area (Å²) in [6.45, 7) is 6.69. The van der Waals surface area contributed by atoms with Gasteiger partial charge in [-0.15, -0.1) is 0 Å². The third-order valence-corrected chi connectivity index (χ3v) is 2.89. The van der Waals surface area contributed by atoms with Crippen molar-refractivity contribution < 1.29 is 14.3 Å². The minimum Gasteiger partial charge on any atom is -0.493 e. The lowest BCUT2D eigenvalue weighted by molar-refractivity contribution is 0.0596. The minimum absolute atomic E-state index is 0.349. The van der Waals surface area contributed by atoms with Crippen LogP contribution >= 0.6 is 0 Å². The van der Waals surface area contributed by atoms with Gasteiger partial charge in [-0.1, -0.05) is 19.9 Å². The Balaban J connectivity index is 3.14. The SMILES string of the molecule is CCOc1ccc(C(C)CC)cc1C(=O)OC. The van der Waals surface area contributed by atoms with E-state index in [1.807, 2.05) is 25.1 Å². The van der Waals surface area contributed by atoms with Crippen LogP contribution in [-0.4, -0.2) is 19.7 Å². The van der Waals surface area contributed by atoms with Crippen LogP contribution < -0.4 is 4.74 Å². The van der Waals surface area contributed by atoms with Crippen molar-refractivity contribution in [1.82, 2.24) is 0 Å². The predicted octanol–water partition coefficient (Wildman–Crippen LogP) is 3.39. The molecule has 0 amide bonds. The number of hydrogen-bond acceptors (Lipinski definition) is 3. The topological polar surface area (TPSA) is 35.5 Å². The first-order valence-corrected chi connectivity index (χ1v) is 5.99. The van der Waals surface area contributed by atoms with Crippen LogP contribution in [0.1, 0.15) is 49.0 Å². The second-order valence-electron chi connectivity index (χ2n) is 3.99. The molecule has 0 N–H and O–H groups in total. The number of benzene rings is 1. The monoisotopic (exact) mass is 236 g/mol. The third kappa shape index (κ3) is 3.22. The van der Waals surface area contributed by atoms with E-state index in [2.05, 4.69) is 13.8 Å². The maximum atomic E-state index is 11.7. The first-order chi connectivity index (χ1) is 8.13. The van der Waals surface area contributed by atoms with Crippen molar-refractivity contribution in [3.63, 3.8) is 0 Å². The molecule has 0 aliphatic rings. The second-order valence-corrected chi connectivity index (χ2v) is 3.99. The molecule has 17 heavy (non-hydrogen) atoms. The summed E-state index contributed by atoms with van der Waals surface area (Å²) in [6, 6.07) is 5.72. The van der Waals surface area contributed by atoms with Crippen LogP contribution in [0.2, 0.25) is 0 Å². The van der Waals surface area contributed by atoms with Gasteiger partial charge >= 0.3 is 5.97 Å². The lowest BCUT2D eigenvalue weighted by Gasteiger charge is -2.13. The lowest BCUT2D eigenvalue weighted by Crippen LogP contribution is -2.07. The molecule has 0 aromatic heterocycles. The molecule has 0 spiro atoms. The molecule has 3 nitrogen and oxygen atoms in total. The minimum atomic E-state index is -0.349. The highest BCUT2D eigenvalue weighted by atomic mass is 16.5. The van der Waals surface area contributed by atoms with E-state index in [4.69, 9.17) is 9.47 Å². The molecule has 0 aliphatic carbocycles. The summed E-state index contributed by atoms with van der Waals surface area (Å²) in [5.41, 5.74) is 1.64. The zero-order valence-electron chi connectivity index (χ0n) is 10.9. The molecule has 0 radical (unpaired) electrons. The predicted molar refractivity (Wildman–Crippen MR) is 67.7 cm³/mol. The summed E-state index contributed by atoms with van der Waals surface area (Å²) < 4.78 is 10.2. The van der Waals surface area contributed by atoms with Crippen molar-refractivity contribution in [2.75, 3.05) is 13.7 Å². The van der Waals surface area contributed by atoms with Gasteiger partial charge < -0.3 is 9.47 Å². The summed E-state index contributed by atoms with van der Waals surface area (Å²) in [5.74, 6) is 0.666. The van der Waals surface area contributed by atoms with Crippen molar-refractivity contribution >= 4 is 5.97 Å². The van der Waals surface area contributed by atoms with Gasteiger partial charge in [0.2, 0.25) is 0 Å². The quantitative estimate of drug-likeness (QED) is 0.735. The molecule has 1 aromatic carbocycles. The van der Waals surface area contributed by atoms with Gasteiger partial charge in [-0.3, -0.25) is 0 Å². The molecule has 0 heterocycles. The zero-order chi connectivity index (χ0) is 12.8. The Hall–Kier alpha value is -1.51. The van der Waals surface area contributed by atoms with E-state index >= 15 is 0 Å². The number of rotatable bonds is 5. The first-order valence-electron chi connectivity index (χ1n) is 5.99. The summed E-state index contributed by atoms with van der Waals surface area (Å²) in [7, 11) is 1.38. The Morgan fingerprint density at radius 3 is 2.59 bits per heavy atom. The van der Waals surface area contributed by atoms with E-state index in [1.165, 1.54) is 7.11 Å². The molecule has 0 bridgehead atoms. The highest BCUT2D eigenvalue weighted by Crippen LogP contribution is 2.26. The van der Waals surface area contributed by atoms with Crippen LogP contribution in [0.5, 0.6) is 5.75 Å². The fourth-order valence-corrected chi connectivity index (χ4v) is 1.64. The van der Waals surface area contributed by atoms with Gasteiger partial charge in [-0.05, 0) is 37.0 Å². The van der Waals surface area contributed by atoms with Gasteiger partial charge in [0.25, 0.3) is 0 Å². The van der Waals surface area contributed by atoms with Crippen molar-refractivity contribution in [3.8, 4) is 5.75 Å². The normalized spacial score (nSPS) is 12.0. The lowest BCUT2D eigenvalue weighted by atomic mass is 9.96. The maximum Gasteiger partial charge on any atom is 0.341 e. The first kappa shape index (κ1) is 13.6. The fraction of sp³-hybridized carbons (Fsp3) is 0.500. The van der Waals surface area contributed by atoms with E-state index in [0.717, 1.165) is 12.0 Å². The summed E-state index contributed by atoms with van der Waals surface area (Å²) >= 11 is 0.